The Balaban J connectivity index is 3.80. The van der Waals surface area contributed by atoms with E-state index in [4.69, 9.17) is 10.3 Å². The highest BCUT2D eigenvalue weighted by Gasteiger charge is 2.19. The van der Waals surface area contributed by atoms with Gasteiger partial charge in [0.1, 0.15) is 6.04 Å². The van der Waals surface area contributed by atoms with Crippen molar-refractivity contribution in [2.45, 2.75) is 32.2 Å². The van der Waals surface area contributed by atoms with Gasteiger partial charge in [-0.2, -0.15) is 8.42 Å². The zero-order valence-corrected chi connectivity index (χ0v) is 9.59. The highest BCUT2D eigenvalue weighted by Crippen LogP contribution is 1.92. The Morgan fingerprint density at radius 2 is 2.07 bits per heavy atom. The van der Waals surface area contributed by atoms with Crippen molar-refractivity contribution < 1.29 is 17.8 Å². The predicted octanol–water partition coefficient (Wildman–Crippen LogP) is -0.492. The number of carbonyl (C=O) groups excluding carboxylic acids is 1. The molecule has 1 amide bonds. The quantitative estimate of drug-likeness (QED) is 0.409. The Kier molecular flexibility index (Phi) is 6.46. The molecule has 0 bridgehead atoms. The maximum Gasteiger partial charge on any atom is 0.266 e. The van der Waals surface area contributed by atoms with Crippen LogP contribution in [-0.2, 0) is 14.9 Å². The van der Waals surface area contributed by atoms with E-state index in [2.05, 4.69) is 5.32 Å². The molecule has 0 aliphatic rings. The van der Waals surface area contributed by atoms with Crippen LogP contribution in [0.5, 0.6) is 0 Å². The highest BCUT2D eigenvalue weighted by atomic mass is 32.2. The number of unbranched alkanes of at least 4 members (excludes halogenated alkanes) is 2. The van der Waals surface area contributed by atoms with Crippen molar-refractivity contribution in [1.29, 1.82) is 0 Å². The summed E-state index contributed by atoms with van der Waals surface area (Å²) in [4.78, 5) is 11.2. The predicted molar refractivity (Wildman–Crippen MR) is 56.9 cm³/mol. The van der Waals surface area contributed by atoms with Crippen LogP contribution < -0.4 is 11.1 Å². The van der Waals surface area contributed by atoms with Crippen LogP contribution in [0.25, 0.3) is 0 Å². The molecule has 0 heterocycles. The summed E-state index contributed by atoms with van der Waals surface area (Å²) in [5.74, 6) is -1.30. The van der Waals surface area contributed by atoms with Gasteiger partial charge >= 0.3 is 0 Å². The maximum atomic E-state index is 11.2. The first-order chi connectivity index (χ1) is 6.87. The number of rotatable bonds is 7. The summed E-state index contributed by atoms with van der Waals surface area (Å²) in [6.07, 6.45) is 2.86. The third-order valence-electron chi connectivity index (χ3n) is 1.81. The zero-order valence-electron chi connectivity index (χ0n) is 8.77. The van der Waals surface area contributed by atoms with Crippen molar-refractivity contribution >= 4 is 16.0 Å². The molecule has 0 aromatic rings. The molecule has 1 unspecified atom stereocenters. The van der Waals surface area contributed by atoms with Gasteiger partial charge in [-0.15, -0.1) is 0 Å². The molecule has 0 aromatic carbocycles. The van der Waals surface area contributed by atoms with E-state index in [0.29, 0.717) is 6.54 Å². The monoisotopic (exact) mass is 238 g/mol. The van der Waals surface area contributed by atoms with Gasteiger partial charge in [0.05, 0.1) is 5.75 Å². The molecular weight excluding hydrogens is 220 g/mol. The topological polar surface area (TPSA) is 109 Å². The number of nitrogens with two attached hydrogens (primary N) is 1. The van der Waals surface area contributed by atoms with E-state index >= 15 is 0 Å². The van der Waals surface area contributed by atoms with Crippen LogP contribution in [0.1, 0.15) is 26.2 Å². The molecule has 1 atom stereocenters. The summed E-state index contributed by atoms with van der Waals surface area (Å²) in [6.45, 7) is 2.51. The Labute approximate surface area is 90.0 Å². The average Bonchev–Trinajstić information content (AvgIpc) is 2.09. The van der Waals surface area contributed by atoms with Gasteiger partial charge < -0.3 is 11.1 Å². The summed E-state index contributed by atoms with van der Waals surface area (Å²) in [5.41, 5.74) is 5.27. The van der Waals surface area contributed by atoms with Crippen LogP contribution >= 0.6 is 0 Å². The third-order valence-corrected chi connectivity index (χ3v) is 2.59. The summed E-state index contributed by atoms with van der Waals surface area (Å²) >= 11 is 0. The van der Waals surface area contributed by atoms with Crippen LogP contribution in [0.4, 0.5) is 0 Å². The number of hydrogen-bond acceptors (Lipinski definition) is 4. The number of carbonyl (C=O) groups is 1. The Morgan fingerprint density at radius 1 is 1.47 bits per heavy atom. The molecule has 90 valence electrons. The first-order valence-corrected chi connectivity index (χ1v) is 6.46. The Morgan fingerprint density at radius 3 is 2.53 bits per heavy atom. The first-order valence-electron chi connectivity index (χ1n) is 4.85. The lowest BCUT2D eigenvalue weighted by Gasteiger charge is -2.10. The zero-order chi connectivity index (χ0) is 11.9. The van der Waals surface area contributed by atoms with E-state index in [0.717, 1.165) is 19.3 Å². The van der Waals surface area contributed by atoms with Gasteiger partial charge in [-0.05, 0) is 6.42 Å². The van der Waals surface area contributed by atoms with Crippen molar-refractivity contribution in [3.8, 4) is 0 Å². The molecule has 4 N–H and O–H groups in total. The maximum absolute atomic E-state index is 11.2. The van der Waals surface area contributed by atoms with E-state index in [1.54, 1.807) is 0 Å². The van der Waals surface area contributed by atoms with Crippen molar-refractivity contribution in [3.05, 3.63) is 0 Å². The summed E-state index contributed by atoms with van der Waals surface area (Å²) < 4.78 is 29.3. The summed E-state index contributed by atoms with van der Waals surface area (Å²) in [6, 6.07) is -1.21. The Hall–Kier alpha value is -0.660. The van der Waals surface area contributed by atoms with Crippen LogP contribution in [0.15, 0.2) is 0 Å². The lowest BCUT2D eigenvalue weighted by atomic mass is 10.2. The fourth-order valence-electron chi connectivity index (χ4n) is 1.02. The molecule has 7 heteroatoms. The molecule has 0 aliphatic heterocycles. The largest absolute Gasteiger partial charge is 0.355 e. The average molecular weight is 238 g/mol. The lowest BCUT2D eigenvalue weighted by Crippen LogP contribution is -2.45. The minimum absolute atomic E-state index is 0.478. The smallest absolute Gasteiger partial charge is 0.266 e. The second kappa shape index (κ2) is 6.76. The molecule has 0 saturated carbocycles. The molecule has 0 aliphatic carbocycles. The first kappa shape index (κ1) is 14.3. The van der Waals surface area contributed by atoms with Crippen LogP contribution in [-0.4, -0.2) is 37.2 Å². The van der Waals surface area contributed by atoms with Gasteiger partial charge in [-0.1, -0.05) is 19.8 Å². The van der Waals surface area contributed by atoms with Crippen molar-refractivity contribution in [2.24, 2.45) is 5.73 Å². The molecule has 0 aromatic heterocycles. The second-order valence-electron chi connectivity index (χ2n) is 3.35. The van der Waals surface area contributed by atoms with E-state index in [1.165, 1.54) is 0 Å². The Bertz CT molecular complexity index is 289. The SMILES string of the molecule is CCCCCNC(=O)C(N)CS(=O)(=O)O. The molecule has 0 radical (unpaired) electrons. The standard InChI is InChI=1S/C8H18N2O4S/c1-2-3-4-5-10-8(11)7(9)6-15(12,13)14/h7H,2-6,9H2,1H3,(H,10,11)(H,12,13,14). The van der Waals surface area contributed by atoms with Crippen LogP contribution in [0.2, 0.25) is 0 Å². The normalized spacial score (nSPS) is 13.5. The van der Waals surface area contributed by atoms with Gasteiger partial charge in [0.2, 0.25) is 5.91 Å². The molecule has 0 fully saturated rings. The van der Waals surface area contributed by atoms with Gasteiger partial charge in [0, 0.05) is 6.54 Å². The third kappa shape index (κ3) is 8.34. The van der Waals surface area contributed by atoms with Gasteiger partial charge in [-0.3, -0.25) is 9.35 Å². The van der Waals surface area contributed by atoms with Crippen molar-refractivity contribution in [1.82, 2.24) is 5.32 Å². The fourth-order valence-corrected chi connectivity index (χ4v) is 1.63. The van der Waals surface area contributed by atoms with E-state index in [1.807, 2.05) is 6.92 Å². The molecule has 15 heavy (non-hydrogen) atoms. The van der Waals surface area contributed by atoms with Gasteiger partial charge in [0.15, 0.2) is 0 Å². The van der Waals surface area contributed by atoms with Crippen molar-refractivity contribution in [2.75, 3.05) is 12.3 Å². The fraction of sp³-hybridized carbons (Fsp3) is 0.875. The van der Waals surface area contributed by atoms with E-state index < -0.39 is 27.8 Å². The summed E-state index contributed by atoms with van der Waals surface area (Å²) in [5, 5.41) is 2.50. The van der Waals surface area contributed by atoms with E-state index in [9.17, 15) is 13.2 Å². The lowest BCUT2D eigenvalue weighted by molar-refractivity contribution is -0.121. The number of nitrogens with one attached hydrogen (secondary N) is 1. The number of hydrogen-bond donors (Lipinski definition) is 3. The molecule has 6 nitrogen and oxygen atoms in total. The molecule has 0 saturated heterocycles. The minimum Gasteiger partial charge on any atom is -0.355 e. The van der Waals surface area contributed by atoms with Crippen molar-refractivity contribution in [3.63, 3.8) is 0 Å². The molecular formula is C8H18N2O4S. The minimum atomic E-state index is -4.19. The van der Waals surface area contributed by atoms with Crippen LogP contribution in [0, 0.1) is 0 Å². The second-order valence-corrected chi connectivity index (χ2v) is 4.85. The summed E-state index contributed by atoms with van der Waals surface area (Å²) in [7, 11) is -4.19. The molecule has 0 spiro atoms. The van der Waals surface area contributed by atoms with Crippen LogP contribution in [0.3, 0.4) is 0 Å². The van der Waals surface area contributed by atoms with E-state index in [-0.39, 0.29) is 0 Å². The molecule has 0 rings (SSSR count). The van der Waals surface area contributed by atoms with Gasteiger partial charge in [0.25, 0.3) is 10.1 Å². The van der Waals surface area contributed by atoms with Gasteiger partial charge in [-0.25, -0.2) is 0 Å². The highest BCUT2D eigenvalue weighted by molar-refractivity contribution is 7.85. The number of amides is 1.